The molecule has 0 heterocycles. The van der Waals surface area contributed by atoms with E-state index in [-0.39, 0.29) is 11.1 Å². The molecule has 0 aliphatic rings. The van der Waals surface area contributed by atoms with Crippen molar-refractivity contribution in [2.75, 3.05) is 24.9 Å². The predicted octanol–water partition coefficient (Wildman–Crippen LogP) is 6.25. The number of para-hydroxylation sites is 2. The standard InChI is InChI=1S/C28H24N2O6/c1-35-25-15-17(29-23-9-5-3-7-21(23)27(31)32)11-13-19(25)20-14-12-18(16-26(20)36-2)30-24-10-6-4-8-22(24)28(33)34/h3-16,29-30H,1-2H3,(H,31,32)(H,33,34). The van der Waals surface area contributed by atoms with Gasteiger partial charge in [-0.1, -0.05) is 24.3 Å². The molecule has 0 saturated carbocycles. The zero-order valence-electron chi connectivity index (χ0n) is 19.6. The van der Waals surface area contributed by atoms with Crippen LogP contribution < -0.4 is 20.1 Å². The van der Waals surface area contributed by atoms with Crippen LogP contribution in [0, 0.1) is 0 Å². The van der Waals surface area contributed by atoms with Crippen molar-refractivity contribution in [1.82, 2.24) is 0 Å². The third-order valence-corrected chi connectivity index (χ3v) is 5.57. The van der Waals surface area contributed by atoms with Crippen LogP contribution in [0.5, 0.6) is 11.5 Å². The van der Waals surface area contributed by atoms with Gasteiger partial charge in [0.05, 0.1) is 36.7 Å². The van der Waals surface area contributed by atoms with E-state index in [1.165, 1.54) is 12.1 Å². The Morgan fingerprint density at radius 2 is 1.00 bits per heavy atom. The summed E-state index contributed by atoms with van der Waals surface area (Å²) in [7, 11) is 3.11. The number of ether oxygens (including phenoxy) is 2. The van der Waals surface area contributed by atoms with Crippen LogP contribution in [-0.4, -0.2) is 36.4 Å². The van der Waals surface area contributed by atoms with Crippen LogP contribution in [0.4, 0.5) is 22.7 Å². The maximum atomic E-state index is 11.5. The quantitative estimate of drug-likeness (QED) is 0.220. The van der Waals surface area contributed by atoms with Gasteiger partial charge < -0.3 is 30.3 Å². The Labute approximate surface area is 207 Å². The van der Waals surface area contributed by atoms with Gasteiger partial charge in [-0.25, -0.2) is 9.59 Å². The van der Waals surface area contributed by atoms with E-state index in [1.807, 2.05) is 24.3 Å². The first-order valence-corrected chi connectivity index (χ1v) is 11.0. The number of aromatic carboxylic acids is 2. The first-order chi connectivity index (χ1) is 17.4. The Bertz CT molecular complexity index is 1320. The number of rotatable bonds is 9. The third-order valence-electron chi connectivity index (χ3n) is 5.57. The molecule has 0 aromatic heterocycles. The lowest BCUT2D eigenvalue weighted by Crippen LogP contribution is -2.03. The smallest absolute Gasteiger partial charge is 0.337 e. The molecule has 0 spiro atoms. The lowest BCUT2D eigenvalue weighted by molar-refractivity contribution is 0.0687. The predicted molar refractivity (Wildman–Crippen MR) is 138 cm³/mol. The molecule has 8 nitrogen and oxygen atoms in total. The number of benzene rings is 4. The van der Waals surface area contributed by atoms with Gasteiger partial charge in [0.15, 0.2) is 0 Å². The van der Waals surface area contributed by atoms with Gasteiger partial charge >= 0.3 is 11.9 Å². The summed E-state index contributed by atoms with van der Waals surface area (Å²) in [5.74, 6) is -0.928. The van der Waals surface area contributed by atoms with E-state index in [0.29, 0.717) is 34.2 Å². The molecule has 0 aliphatic heterocycles. The normalized spacial score (nSPS) is 10.4. The second-order valence-electron chi connectivity index (χ2n) is 7.78. The number of anilines is 4. The molecule has 8 heteroatoms. The first kappa shape index (κ1) is 24.2. The lowest BCUT2D eigenvalue weighted by Gasteiger charge is -2.17. The van der Waals surface area contributed by atoms with E-state index in [1.54, 1.807) is 62.8 Å². The minimum Gasteiger partial charge on any atom is -0.496 e. The van der Waals surface area contributed by atoms with E-state index >= 15 is 0 Å². The second-order valence-corrected chi connectivity index (χ2v) is 7.78. The van der Waals surface area contributed by atoms with Gasteiger partial charge in [-0.15, -0.1) is 0 Å². The number of hydrogen-bond acceptors (Lipinski definition) is 6. The van der Waals surface area contributed by atoms with Crippen LogP contribution in [0.2, 0.25) is 0 Å². The molecule has 0 fully saturated rings. The van der Waals surface area contributed by atoms with Gasteiger partial charge in [-0.05, 0) is 48.5 Å². The van der Waals surface area contributed by atoms with Crippen LogP contribution in [0.25, 0.3) is 11.1 Å². The van der Waals surface area contributed by atoms with Crippen LogP contribution >= 0.6 is 0 Å². The van der Waals surface area contributed by atoms with E-state index in [4.69, 9.17) is 9.47 Å². The van der Waals surface area contributed by atoms with Crippen molar-refractivity contribution >= 4 is 34.7 Å². The van der Waals surface area contributed by atoms with E-state index < -0.39 is 11.9 Å². The molecule has 0 aliphatic carbocycles. The molecular weight excluding hydrogens is 460 g/mol. The fourth-order valence-corrected chi connectivity index (χ4v) is 3.85. The molecule has 0 atom stereocenters. The zero-order valence-corrected chi connectivity index (χ0v) is 19.6. The maximum absolute atomic E-state index is 11.5. The number of carboxylic acids is 2. The Morgan fingerprint density at radius 3 is 1.36 bits per heavy atom. The number of methoxy groups -OCH3 is 2. The highest BCUT2D eigenvalue weighted by Gasteiger charge is 2.16. The van der Waals surface area contributed by atoms with Gasteiger partial charge in [0.2, 0.25) is 0 Å². The lowest BCUT2D eigenvalue weighted by atomic mass is 10.0. The molecular formula is C28H24N2O6. The van der Waals surface area contributed by atoms with E-state index in [2.05, 4.69) is 10.6 Å². The number of nitrogens with one attached hydrogen (secondary N) is 2. The van der Waals surface area contributed by atoms with Gasteiger partial charge in [-0.2, -0.15) is 0 Å². The molecule has 0 saturated heterocycles. The van der Waals surface area contributed by atoms with Crippen LogP contribution in [0.3, 0.4) is 0 Å². The summed E-state index contributed by atoms with van der Waals surface area (Å²) in [6.45, 7) is 0. The zero-order chi connectivity index (χ0) is 25.7. The average molecular weight is 485 g/mol. The minimum atomic E-state index is -1.02. The highest BCUT2D eigenvalue weighted by molar-refractivity contribution is 5.96. The van der Waals surface area contributed by atoms with Gasteiger partial charge in [0.1, 0.15) is 11.5 Å². The van der Waals surface area contributed by atoms with E-state index in [0.717, 1.165) is 11.1 Å². The fourth-order valence-electron chi connectivity index (χ4n) is 3.85. The van der Waals surface area contributed by atoms with Crippen LogP contribution in [0.15, 0.2) is 84.9 Å². The van der Waals surface area contributed by atoms with Crippen molar-refractivity contribution < 1.29 is 29.3 Å². The SMILES string of the molecule is COc1cc(Nc2ccccc2C(=O)O)ccc1-c1ccc(Nc2ccccc2C(=O)O)cc1OC. The highest BCUT2D eigenvalue weighted by atomic mass is 16.5. The van der Waals surface area contributed by atoms with Crippen molar-refractivity contribution in [2.24, 2.45) is 0 Å². The third kappa shape index (κ3) is 5.07. The Kier molecular flexibility index (Phi) is 7.06. The fraction of sp³-hybridized carbons (Fsp3) is 0.0714. The van der Waals surface area contributed by atoms with Crippen LogP contribution in [0.1, 0.15) is 20.7 Å². The van der Waals surface area contributed by atoms with Crippen molar-refractivity contribution in [3.8, 4) is 22.6 Å². The van der Waals surface area contributed by atoms with Gasteiger partial charge in [0.25, 0.3) is 0 Å². The summed E-state index contributed by atoms with van der Waals surface area (Å²) in [4.78, 5) is 23.1. The molecule has 0 bridgehead atoms. The van der Waals surface area contributed by atoms with Crippen molar-refractivity contribution in [3.63, 3.8) is 0 Å². The van der Waals surface area contributed by atoms with E-state index in [9.17, 15) is 19.8 Å². The summed E-state index contributed by atoms with van der Waals surface area (Å²) < 4.78 is 11.3. The average Bonchev–Trinajstić information content (AvgIpc) is 2.89. The van der Waals surface area contributed by atoms with Gasteiger partial charge in [-0.3, -0.25) is 0 Å². The number of hydrogen-bond donors (Lipinski definition) is 4. The molecule has 4 N–H and O–H groups in total. The summed E-state index contributed by atoms with van der Waals surface area (Å²) in [6, 6.07) is 24.2. The molecule has 4 aromatic rings. The van der Waals surface area contributed by atoms with Crippen molar-refractivity contribution in [3.05, 3.63) is 96.1 Å². The van der Waals surface area contributed by atoms with Crippen molar-refractivity contribution in [1.29, 1.82) is 0 Å². The maximum Gasteiger partial charge on any atom is 0.337 e. The monoisotopic (exact) mass is 484 g/mol. The highest BCUT2D eigenvalue weighted by Crippen LogP contribution is 2.40. The summed E-state index contributed by atoms with van der Waals surface area (Å²) in [5, 5.41) is 25.2. The summed E-state index contributed by atoms with van der Waals surface area (Å²) in [6.07, 6.45) is 0. The molecule has 0 amide bonds. The molecule has 0 unspecified atom stereocenters. The second kappa shape index (κ2) is 10.5. The molecule has 4 aromatic carbocycles. The number of carboxylic acid groups (broad SMARTS) is 2. The Morgan fingerprint density at radius 1 is 0.611 bits per heavy atom. The summed E-state index contributed by atoms with van der Waals surface area (Å²) >= 11 is 0. The topological polar surface area (TPSA) is 117 Å². The van der Waals surface area contributed by atoms with Gasteiger partial charge in [0, 0.05) is 34.6 Å². The van der Waals surface area contributed by atoms with Crippen molar-refractivity contribution in [2.45, 2.75) is 0 Å². The largest absolute Gasteiger partial charge is 0.496 e. The molecule has 0 radical (unpaired) electrons. The first-order valence-electron chi connectivity index (χ1n) is 11.0. The Hall–Kier alpha value is -4.98. The molecule has 4 rings (SSSR count). The summed E-state index contributed by atoms with van der Waals surface area (Å²) in [5.41, 5.74) is 4.11. The molecule has 36 heavy (non-hydrogen) atoms. The number of carbonyl (C=O) groups is 2. The Balaban J connectivity index is 1.65. The molecule has 182 valence electrons. The minimum absolute atomic E-state index is 0.162. The van der Waals surface area contributed by atoms with Crippen LogP contribution in [-0.2, 0) is 0 Å².